The van der Waals surface area contributed by atoms with Gasteiger partial charge in [-0.25, -0.2) is 4.39 Å². The van der Waals surface area contributed by atoms with Gasteiger partial charge in [0, 0.05) is 43.4 Å². The first kappa shape index (κ1) is 19.6. The van der Waals surface area contributed by atoms with Crippen LogP contribution >= 0.6 is 0 Å². The molecule has 1 aromatic carbocycles. The van der Waals surface area contributed by atoms with E-state index in [1.54, 1.807) is 17.0 Å². The lowest BCUT2D eigenvalue weighted by Crippen LogP contribution is -2.45. The van der Waals surface area contributed by atoms with Crippen LogP contribution in [-0.4, -0.2) is 52.8 Å². The molecule has 1 atom stereocenters. The zero-order valence-corrected chi connectivity index (χ0v) is 16.7. The zero-order valence-electron chi connectivity index (χ0n) is 16.7. The number of nitrogens with zero attached hydrogens (tertiary/aromatic N) is 3. The second-order valence-corrected chi connectivity index (χ2v) is 8.03. The van der Waals surface area contributed by atoms with Gasteiger partial charge < -0.3 is 9.80 Å². The molecular weight excluding hydrogens is 369 g/mol. The number of rotatable bonds is 4. The van der Waals surface area contributed by atoms with E-state index in [9.17, 15) is 14.0 Å². The minimum absolute atomic E-state index is 0.0244. The topological polar surface area (TPSA) is 53.5 Å². The van der Waals surface area contributed by atoms with Crippen molar-refractivity contribution in [3.8, 4) is 11.1 Å². The average Bonchev–Trinajstić information content (AvgIpc) is 3.12. The van der Waals surface area contributed by atoms with E-state index in [1.807, 2.05) is 17.9 Å². The van der Waals surface area contributed by atoms with Gasteiger partial charge in [-0.1, -0.05) is 12.1 Å². The van der Waals surface area contributed by atoms with E-state index >= 15 is 0 Å². The molecule has 2 aliphatic rings. The Morgan fingerprint density at radius 3 is 2.66 bits per heavy atom. The first-order chi connectivity index (χ1) is 14.0. The summed E-state index contributed by atoms with van der Waals surface area (Å²) in [7, 11) is 0. The number of aromatic nitrogens is 1. The third-order valence-electron chi connectivity index (χ3n) is 5.84. The Kier molecular flexibility index (Phi) is 5.60. The van der Waals surface area contributed by atoms with Gasteiger partial charge in [-0.3, -0.25) is 14.6 Å². The lowest BCUT2D eigenvalue weighted by Gasteiger charge is -2.33. The highest BCUT2D eigenvalue weighted by Gasteiger charge is 2.29. The van der Waals surface area contributed by atoms with Crippen molar-refractivity contribution in [2.45, 2.75) is 38.5 Å². The fourth-order valence-corrected chi connectivity index (χ4v) is 4.29. The first-order valence-corrected chi connectivity index (χ1v) is 10.3. The zero-order chi connectivity index (χ0) is 20.4. The van der Waals surface area contributed by atoms with Crippen LogP contribution < -0.4 is 0 Å². The molecule has 2 aliphatic heterocycles. The molecule has 0 spiro atoms. The Hall–Kier alpha value is -2.76. The SMILES string of the molecule is Cc1cc(-c2ccc(F)cc2)cc([C@@H]2CCCN(C(=O)CN3CCCC3=O)C2)n1. The molecule has 0 N–H and O–H groups in total. The van der Waals surface area contributed by atoms with E-state index in [-0.39, 0.29) is 30.1 Å². The summed E-state index contributed by atoms with van der Waals surface area (Å²) in [4.78, 5) is 32.9. The molecule has 1 aromatic heterocycles. The second kappa shape index (κ2) is 8.31. The Balaban J connectivity index is 1.49. The lowest BCUT2D eigenvalue weighted by molar-refractivity contribution is -0.139. The van der Waals surface area contributed by atoms with Gasteiger partial charge in [0.15, 0.2) is 0 Å². The van der Waals surface area contributed by atoms with E-state index in [4.69, 9.17) is 4.98 Å². The number of halogens is 1. The van der Waals surface area contributed by atoms with Crippen molar-refractivity contribution in [1.82, 2.24) is 14.8 Å². The van der Waals surface area contributed by atoms with Crippen LogP contribution in [-0.2, 0) is 9.59 Å². The molecule has 29 heavy (non-hydrogen) atoms. The summed E-state index contributed by atoms with van der Waals surface area (Å²) in [6.45, 7) is 4.19. The van der Waals surface area contributed by atoms with Crippen LogP contribution in [0.5, 0.6) is 0 Å². The Morgan fingerprint density at radius 2 is 1.93 bits per heavy atom. The van der Waals surface area contributed by atoms with Crippen molar-refractivity contribution in [3.05, 3.63) is 53.6 Å². The summed E-state index contributed by atoms with van der Waals surface area (Å²) >= 11 is 0. The molecule has 5 nitrogen and oxygen atoms in total. The van der Waals surface area contributed by atoms with E-state index in [0.29, 0.717) is 19.5 Å². The van der Waals surface area contributed by atoms with Crippen molar-refractivity contribution in [2.24, 2.45) is 0 Å². The normalized spacial score (nSPS) is 19.7. The second-order valence-electron chi connectivity index (χ2n) is 8.03. The highest BCUT2D eigenvalue weighted by atomic mass is 19.1. The number of pyridine rings is 1. The molecule has 0 unspecified atom stereocenters. The summed E-state index contributed by atoms with van der Waals surface area (Å²) in [6.07, 6.45) is 3.29. The van der Waals surface area contributed by atoms with Crippen molar-refractivity contribution in [2.75, 3.05) is 26.2 Å². The number of carbonyl (C=O) groups excluding carboxylic acids is 2. The number of hydrogen-bond acceptors (Lipinski definition) is 3. The molecule has 2 aromatic rings. The molecule has 2 saturated heterocycles. The lowest BCUT2D eigenvalue weighted by atomic mass is 9.92. The number of carbonyl (C=O) groups is 2. The van der Waals surface area contributed by atoms with Gasteiger partial charge in [-0.05, 0) is 61.6 Å². The van der Waals surface area contributed by atoms with Gasteiger partial charge in [0.2, 0.25) is 11.8 Å². The van der Waals surface area contributed by atoms with Gasteiger partial charge in [0.25, 0.3) is 0 Å². The maximum absolute atomic E-state index is 13.3. The third kappa shape index (κ3) is 4.47. The minimum Gasteiger partial charge on any atom is -0.340 e. The maximum atomic E-state index is 13.3. The monoisotopic (exact) mass is 395 g/mol. The summed E-state index contributed by atoms with van der Waals surface area (Å²) in [5, 5.41) is 0. The van der Waals surface area contributed by atoms with Gasteiger partial charge in [-0.15, -0.1) is 0 Å². The van der Waals surface area contributed by atoms with Crippen molar-refractivity contribution < 1.29 is 14.0 Å². The molecule has 0 radical (unpaired) electrons. The highest BCUT2D eigenvalue weighted by Crippen LogP contribution is 2.30. The molecular formula is C23H26FN3O2. The summed E-state index contributed by atoms with van der Waals surface area (Å²) in [6, 6.07) is 10.5. The van der Waals surface area contributed by atoms with Crippen LogP contribution in [0.25, 0.3) is 11.1 Å². The number of benzene rings is 1. The Labute approximate surface area is 170 Å². The van der Waals surface area contributed by atoms with Gasteiger partial charge in [0.1, 0.15) is 5.82 Å². The summed E-state index contributed by atoms with van der Waals surface area (Å²) in [5.74, 6) is 0.0197. The summed E-state index contributed by atoms with van der Waals surface area (Å²) < 4.78 is 13.3. The molecule has 0 saturated carbocycles. The van der Waals surface area contributed by atoms with Crippen molar-refractivity contribution >= 4 is 11.8 Å². The molecule has 0 aliphatic carbocycles. The van der Waals surface area contributed by atoms with E-state index in [1.165, 1.54) is 12.1 Å². The van der Waals surface area contributed by atoms with Gasteiger partial charge in [0.05, 0.1) is 6.54 Å². The highest BCUT2D eigenvalue weighted by molar-refractivity contribution is 5.86. The number of hydrogen-bond donors (Lipinski definition) is 0. The van der Waals surface area contributed by atoms with Crippen molar-refractivity contribution in [1.29, 1.82) is 0 Å². The fraction of sp³-hybridized carbons (Fsp3) is 0.435. The minimum atomic E-state index is -0.252. The number of likely N-dealkylation sites (tertiary alicyclic amines) is 2. The molecule has 2 fully saturated rings. The van der Waals surface area contributed by atoms with Crippen LogP contribution in [0.3, 0.4) is 0 Å². The first-order valence-electron chi connectivity index (χ1n) is 10.3. The van der Waals surface area contributed by atoms with Gasteiger partial charge >= 0.3 is 0 Å². The smallest absolute Gasteiger partial charge is 0.242 e. The van der Waals surface area contributed by atoms with E-state index < -0.39 is 0 Å². The van der Waals surface area contributed by atoms with Crippen LogP contribution in [0, 0.1) is 12.7 Å². The van der Waals surface area contributed by atoms with Crippen LogP contribution in [0.2, 0.25) is 0 Å². The number of piperidine rings is 1. The molecule has 152 valence electrons. The molecule has 4 rings (SSSR count). The predicted octanol–water partition coefficient (Wildman–Crippen LogP) is 3.52. The molecule has 2 amide bonds. The van der Waals surface area contributed by atoms with Crippen molar-refractivity contribution in [3.63, 3.8) is 0 Å². The largest absolute Gasteiger partial charge is 0.340 e. The summed E-state index contributed by atoms with van der Waals surface area (Å²) in [5.41, 5.74) is 3.85. The standard InChI is InChI=1S/C23H26FN3O2/c1-16-12-19(17-6-8-20(24)9-7-17)13-21(25-16)18-4-2-10-26(14-18)23(29)15-27-11-3-5-22(27)28/h6-9,12-13,18H,2-5,10-11,14-15H2,1H3/t18-/m1/s1. The van der Waals surface area contributed by atoms with Crippen LogP contribution in [0.1, 0.15) is 43.0 Å². The molecule has 3 heterocycles. The quantitative estimate of drug-likeness (QED) is 0.796. The van der Waals surface area contributed by atoms with Crippen LogP contribution in [0.15, 0.2) is 36.4 Å². The van der Waals surface area contributed by atoms with E-state index in [2.05, 4.69) is 6.07 Å². The Morgan fingerprint density at radius 1 is 1.14 bits per heavy atom. The number of aryl methyl sites for hydroxylation is 1. The maximum Gasteiger partial charge on any atom is 0.242 e. The van der Waals surface area contributed by atoms with Gasteiger partial charge in [-0.2, -0.15) is 0 Å². The molecule has 0 bridgehead atoms. The predicted molar refractivity (Wildman–Crippen MR) is 109 cm³/mol. The average molecular weight is 395 g/mol. The fourth-order valence-electron chi connectivity index (χ4n) is 4.29. The molecule has 6 heteroatoms. The third-order valence-corrected chi connectivity index (χ3v) is 5.84. The Bertz CT molecular complexity index is 913. The number of amides is 2. The van der Waals surface area contributed by atoms with E-state index in [0.717, 1.165) is 48.3 Å². The van der Waals surface area contributed by atoms with Crippen LogP contribution in [0.4, 0.5) is 4.39 Å².